The molecule has 5 nitrogen and oxygen atoms in total. The van der Waals surface area contributed by atoms with E-state index in [1.165, 1.54) is 18.4 Å². The van der Waals surface area contributed by atoms with Crippen LogP contribution in [0.5, 0.6) is 5.75 Å². The van der Waals surface area contributed by atoms with Crippen molar-refractivity contribution < 1.29 is 9.53 Å². The van der Waals surface area contributed by atoms with Gasteiger partial charge in [0.1, 0.15) is 5.75 Å². The van der Waals surface area contributed by atoms with Gasteiger partial charge >= 0.3 is 6.03 Å². The van der Waals surface area contributed by atoms with Crippen molar-refractivity contribution in [2.24, 2.45) is 11.3 Å². The maximum Gasteiger partial charge on any atom is 0.320 e. The number of carbonyl (C=O) groups is 1. The van der Waals surface area contributed by atoms with Crippen LogP contribution in [0, 0.1) is 22.7 Å². The fraction of sp³-hybridized carbons (Fsp3) is 0.576. The van der Waals surface area contributed by atoms with Crippen molar-refractivity contribution in [3.63, 3.8) is 0 Å². The monoisotopic (exact) mass is 513 g/mol. The number of nitriles is 1. The van der Waals surface area contributed by atoms with Crippen molar-refractivity contribution in [3.8, 4) is 11.8 Å². The Bertz CT molecular complexity index is 1140. The quantitative estimate of drug-likeness (QED) is 0.353. The molecule has 1 heterocycles. The standard InChI is InChI=1S/C33H43N3O2/c1-4-26(2)21-32(28-9-6-5-7-10-28)17-19-33(20-18-32)25-35(22-27-11-13-29(38-3)14-12-27)30(37)36(33)24-31(23-34)15-8-16-31/h5-7,9-14,26H,4,8,15-22,24-25H2,1-3H3/t26?,32-,33-. The van der Waals surface area contributed by atoms with E-state index in [1.807, 2.05) is 17.0 Å². The van der Waals surface area contributed by atoms with Crippen LogP contribution in [0.2, 0.25) is 0 Å². The van der Waals surface area contributed by atoms with Gasteiger partial charge in [0.05, 0.1) is 24.1 Å². The van der Waals surface area contributed by atoms with Crippen LogP contribution >= 0.6 is 0 Å². The van der Waals surface area contributed by atoms with E-state index in [2.05, 4.69) is 67.3 Å². The zero-order valence-corrected chi connectivity index (χ0v) is 23.4. The van der Waals surface area contributed by atoms with Crippen molar-refractivity contribution in [2.45, 2.75) is 89.1 Å². The van der Waals surface area contributed by atoms with Gasteiger partial charge in [-0.3, -0.25) is 0 Å². The molecule has 2 aliphatic carbocycles. The summed E-state index contributed by atoms with van der Waals surface area (Å²) in [6, 6.07) is 21.8. The molecule has 2 saturated carbocycles. The second-order valence-electron chi connectivity index (χ2n) is 12.4. The molecule has 2 aromatic rings. The first kappa shape index (κ1) is 26.6. The van der Waals surface area contributed by atoms with E-state index in [0.29, 0.717) is 19.0 Å². The van der Waals surface area contributed by atoms with Crippen LogP contribution in [-0.4, -0.2) is 41.6 Å². The van der Waals surface area contributed by atoms with Gasteiger partial charge in [-0.2, -0.15) is 5.26 Å². The van der Waals surface area contributed by atoms with Gasteiger partial charge in [0.25, 0.3) is 0 Å². The smallest absolute Gasteiger partial charge is 0.320 e. The zero-order chi connectivity index (χ0) is 26.8. The first-order valence-corrected chi connectivity index (χ1v) is 14.5. The summed E-state index contributed by atoms with van der Waals surface area (Å²) < 4.78 is 5.33. The van der Waals surface area contributed by atoms with Gasteiger partial charge in [0, 0.05) is 19.6 Å². The summed E-state index contributed by atoms with van der Waals surface area (Å²) in [5.41, 5.74) is 2.15. The molecule has 1 atom stereocenters. The minimum absolute atomic E-state index is 0.108. The van der Waals surface area contributed by atoms with E-state index in [4.69, 9.17) is 4.74 Å². The van der Waals surface area contributed by atoms with E-state index < -0.39 is 0 Å². The molecule has 5 heteroatoms. The van der Waals surface area contributed by atoms with Gasteiger partial charge < -0.3 is 14.5 Å². The predicted molar refractivity (Wildman–Crippen MR) is 151 cm³/mol. The molecule has 2 aromatic carbocycles. The number of rotatable bonds is 9. The summed E-state index contributed by atoms with van der Waals surface area (Å²) in [5, 5.41) is 10.1. The Morgan fingerprint density at radius 3 is 2.24 bits per heavy atom. The second kappa shape index (κ2) is 10.6. The van der Waals surface area contributed by atoms with Crippen LogP contribution in [0.1, 0.15) is 82.8 Å². The Morgan fingerprint density at radius 1 is 1.00 bits per heavy atom. The lowest BCUT2D eigenvalue weighted by atomic mass is 9.60. The average molecular weight is 514 g/mol. The van der Waals surface area contributed by atoms with Crippen LogP contribution in [0.4, 0.5) is 4.79 Å². The molecule has 5 rings (SSSR count). The van der Waals surface area contributed by atoms with E-state index >= 15 is 0 Å². The third-order valence-corrected chi connectivity index (χ3v) is 10.1. The highest BCUT2D eigenvalue weighted by atomic mass is 16.5. The molecule has 2 amide bonds. The van der Waals surface area contributed by atoms with Crippen LogP contribution in [0.15, 0.2) is 54.6 Å². The summed E-state index contributed by atoms with van der Waals surface area (Å²) in [7, 11) is 1.67. The molecule has 3 aliphatic rings. The zero-order valence-electron chi connectivity index (χ0n) is 23.4. The second-order valence-corrected chi connectivity index (χ2v) is 12.4. The molecule has 1 saturated heterocycles. The summed E-state index contributed by atoms with van der Waals surface area (Å²) in [6.07, 6.45) is 9.43. The number of methoxy groups -OCH3 is 1. The molecule has 1 aliphatic heterocycles. The topological polar surface area (TPSA) is 56.6 Å². The lowest BCUT2D eigenvalue weighted by Gasteiger charge is -2.51. The highest BCUT2D eigenvalue weighted by molar-refractivity contribution is 5.78. The molecule has 38 heavy (non-hydrogen) atoms. The van der Waals surface area contributed by atoms with Gasteiger partial charge in [-0.1, -0.05) is 69.2 Å². The fourth-order valence-corrected chi connectivity index (χ4v) is 7.24. The molecule has 0 N–H and O–H groups in total. The van der Waals surface area contributed by atoms with Crippen molar-refractivity contribution in [1.29, 1.82) is 5.26 Å². The number of hydrogen-bond donors (Lipinski definition) is 0. The number of nitrogens with zero attached hydrogens (tertiary/aromatic N) is 3. The van der Waals surface area contributed by atoms with E-state index in [9.17, 15) is 10.1 Å². The molecule has 3 fully saturated rings. The highest BCUT2D eigenvalue weighted by Crippen LogP contribution is 2.52. The summed E-state index contributed by atoms with van der Waals surface area (Å²) in [4.78, 5) is 18.2. The first-order valence-electron chi connectivity index (χ1n) is 14.5. The SMILES string of the molecule is CCC(C)C[C@]1(c2ccccc2)CC[C@]2(CC1)CN(Cc1ccc(OC)cc1)C(=O)N2CC1(C#N)CCC1. The third-order valence-electron chi connectivity index (χ3n) is 10.1. The van der Waals surface area contributed by atoms with Gasteiger partial charge in [0.2, 0.25) is 0 Å². The van der Waals surface area contributed by atoms with Gasteiger partial charge in [-0.15, -0.1) is 0 Å². The van der Waals surface area contributed by atoms with Gasteiger partial charge in [-0.05, 0) is 79.5 Å². The number of amides is 2. The molecular formula is C33H43N3O2. The minimum atomic E-state index is -0.372. The first-order chi connectivity index (χ1) is 18.4. The Balaban J connectivity index is 1.42. The summed E-state index contributed by atoms with van der Waals surface area (Å²) >= 11 is 0. The van der Waals surface area contributed by atoms with Crippen molar-refractivity contribution >= 4 is 6.03 Å². The van der Waals surface area contributed by atoms with E-state index in [0.717, 1.165) is 62.8 Å². The Kier molecular flexibility index (Phi) is 7.45. The predicted octanol–water partition coefficient (Wildman–Crippen LogP) is 7.31. The number of urea groups is 1. The Hall–Kier alpha value is -3.00. The van der Waals surface area contributed by atoms with Crippen LogP contribution in [0.25, 0.3) is 0 Å². The van der Waals surface area contributed by atoms with Crippen molar-refractivity contribution in [1.82, 2.24) is 9.80 Å². The minimum Gasteiger partial charge on any atom is -0.497 e. The van der Waals surface area contributed by atoms with Crippen LogP contribution in [-0.2, 0) is 12.0 Å². The normalized spacial score (nSPS) is 27.2. The fourth-order valence-electron chi connectivity index (χ4n) is 7.24. The van der Waals surface area contributed by atoms with Crippen molar-refractivity contribution in [2.75, 3.05) is 20.2 Å². The molecule has 0 bridgehead atoms. The van der Waals surface area contributed by atoms with Crippen molar-refractivity contribution in [3.05, 3.63) is 65.7 Å². The number of carbonyl (C=O) groups excluding carboxylic acids is 1. The lowest BCUT2D eigenvalue weighted by molar-refractivity contribution is 0.0412. The highest BCUT2D eigenvalue weighted by Gasteiger charge is 2.56. The maximum absolute atomic E-state index is 14.0. The van der Waals surface area contributed by atoms with Gasteiger partial charge in [0.15, 0.2) is 0 Å². The van der Waals surface area contributed by atoms with E-state index in [1.54, 1.807) is 7.11 Å². The molecule has 0 aromatic heterocycles. The molecule has 202 valence electrons. The molecule has 0 radical (unpaired) electrons. The van der Waals surface area contributed by atoms with Crippen LogP contribution < -0.4 is 4.74 Å². The molecule has 1 unspecified atom stereocenters. The summed E-state index contributed by atoms with van der Waals surface area (Å²) in [6.45, 7) is 6.59. The maximum atomic E-state index is 14.0. The lowest BCUT2D eigenvalue weighted by Crippen LogP contribution is -2.56. The largest absolute Gasteiger partial charge is 0.497 e. The van der Waals surface area contributed by atoms with Crippen LogP contribution in [0.3, 0.4) is 0 Å². The summed E-state index contributed by atoms with van der Waals surface area (Å²) in [5.74, 6) is 1.49. The Morgan fingerprint density at radius 2 is 1.68 bits per heavy atom. The average Bonchev–Trinajstić information content (AvgIpc) is 3.18. The third kappa shape index (κ3) is 4.91. The molecular weight excluding hydrogens is 470 g/mol. The van der Waals surface area contributed by atoms with Gasteiger partial charge in [-0.25, -0.2) is 4.79 Å². The number of benzene rings is 2. The Labute approximate surface area is 228 Å². The number of ether oxygens (including phenoxy) is 1. The molecule has 1 spiro atoms. The number of hydrogen-bond acceptors (Lipinski definition) is 3. The van der Waals surface area contributed by atoms with E-state index in [-0.39, 0.29) is 22.4 Å².